The molecule has 0 N–H and O–H groups in total. The molecule has 0 aliphatic carbocycles. The Balaban J connectivity index is 2.92. The quantitative estimate of drug-likeness (QED) is 0.784. The summed E-state index contributed by atoms with van der Waals surface area (Å²) in [6, 6.07) is 2.02. The Morgan fingerprint density at radius 3 is 2.44 bits per heavy atom. The second-order valence-electron chi connectivity index (χ2n) is 3.85. The SMILES string of the molecule is Cc1oc(C)c(C(=O)N(C)CCC#N)c1C. The topological polar surface area (TPSA) is 57.2 Å². The molecule has 0 aromatic carbocycles. The Morgan fingerprint density at radius 1 is 1.38 bits per heavy atom. The molecular weight excluding hydrogens is 204 g/mol. The first-order chi connectivity index (χ1) is 7.49. The Kier molecular flexibility index (Phi) is 3.73. The number of hydrogen-bond donors (Lipinski definition) is 0. The van der Waals surface area contributed by atoms with Gasteiger partial charge in [0.2, 0.25) is 0 Å². The summed E-state index contributed by atoms with van der Waals surface area (Å²) in [6.45, 7) is 5.94. The average Bonchev–Trinajstić information content (AvgIpc) is 2.49. The van der Waals surface area contributed by atoms with Crippen molar-refractivity contribution in [3.63, 3.8) is 0 Å². The fraction of sp³-hybridized carbons (Fsp3) is 0.500. The van der Waals surface area contributed by atoms with Crippen LogP contribution in [0.2, 0.25) is 0 Å². The summed E-state index contributed by atoms with van der Waals surface area (Å²) < 4.78 is 5.41. The van der Waals surface area contributed by atoms with Gasteiger partial charge in [-0.25, -0.2) is 0 Å². The summed E-state index contributed by atoms with van der Waals surface area (Å²) in [4.78, 5) is 13.6. The van der Waals surface area contributed by atoms with Crippen molar-refractivity contribution in [1.29, 1.82) is 5.26 Å². The second-order valence-corrected chi connectivity index (χ2v) is 3.85. The van der Waals surface area contributed by atoms with E-state index >= 15 is 0 Å². The van der Waals surface area contributed by atoms with Crippen LogP contribution in [0, 0.1) is 32.1 Å². The highest BCUT2D eigenvalue weighted by Crippen LogP contribution is 2.21. The molecular formula is C12H16N2O2. The largest absolute Gasteiger partial charge is 0.466 e. The van der Waals surface area contributed by atoms with Gasteiger partial charge in [-0.3, -0.25) is 4.79 Å². The lowest BCUT2D eigenvalue weighted by atomic mass is 10.1. The molecule has 0 saturated carbocycles. The van der Waals surface area contributed by atoms with Crippen molar-refractivity contribution < 1.29 is 9.21 Å². The van der Waals surface area contributed by atoms with E-state index in [0.717, 1.165) is 11.3 Å². The molecule has 4 nitrogen and oxygen atoms in total. The molecule has 1 aromatic heterocycles. The van der Waals surface area contributed by atoms with Crippen LogP contribution in [0.15, 0.2) is 4.42 Å². The predicted molar refractivity (Wildman–Crippen MR) is 60.1 cm³/mol. The van der Waals surface area contributed by atoms with Crippen LogP contribution in [0.1, 0.15) is 33.9 Å². The van der Waals surface area contributed by atoms with Gasteiger partial charge >= 0.3 is 0 Å². The molecule has 1 amide bonds. The van der Waals surface area contributed by atoms with Crippen molar-refractivity contribution in [2.75, 3.05) is 13.6 Å². The van der Waals surface area contributed by atoms with Gasteiger partial charge in [0.15, 0.2) is 0 Å². The average molecular weight is 220 g/mol. The summed E-state index contributed by atoms with van der Waals surface area (Å²) in [7, 11) is 1.70. The second kappa shape index (κ2) is 4.84. The standard InChI is InChI=1S/C12H16N2O2/c1-8-9(2)16-10(3)11(8)12(15)14(4)7-5-6-13/h5,7H2,1-4H3. The summed E-state index contributed by atoms with van der Waals surface area (Å²) in [5.41, 5.74) is 1.50. The van der Waals surface area contributed by atoms with Gasteiger partial charge in [-0.05, 0) is 20.8 Å². The third-order valence-corrected chi connectivity index (χ3v) is 2.68. The van der Waals surface area contributed by atoms with E-state index in [9.17, 15) is 4.79 Å². The minimum atomic E-state index is -0.0814. The van der Waals surface area contributed by atoms with E-state index in [0.29, 0.717) is 24.3 Å². The van der Waals surface area contributed by atoms with Gasteiger partial charge in [-0.2, -0.15) is 5.26 Å². The lowest BCUT2D eigenvalue weighted by molar-refractivity contribution is 0.0795. The van der Waals surface area contributed by atoms with Gasteiger partial charge in [0.05, 0.1) is 18.1 Å². The monoisotopic (exact) mass is 220 g/mol. The van der Waals surface area contributed by atoms with E-state index in [1.54, 1.807) is 18.9 Å². The normalized spacial score (nSPS) is 9.94. The maximum Gasteiger partial charge on any atom is 0.257 e. The molecule has 86 valence electrons. The maximum atomic E-state index is 12.1. The van der Waals surface area contributed by atoms with Gasteiger partial charge < -0.3 is 9.32 Å². The number of hydrogen-bond acceptors (Lipinski definition) is 3. The zero-order chi connectivity index (χ0) is 12.3. The summed E-state index contributed by atoms with van der Waals surface area (Å²) in [5, 5.41) is 8.47. The first kappa shape index (κ1) is 12.3. The lowest BCUT2D eigenvalue weighted by Gasteiger charge is -2.15. The molecule has 0 fully saturated rings. The van der Waals surface area contributed by atoms with Crippen LogP contribution in [0.5, 0.6) is 0 Å². The molecule has 1 heterocycles. The fourth-order valence-electron chi connectivity index (χ4n) is 1.62. The molecule has 4 heteroatoms. The van der Waals surface area contributed by atoms with Crippen LogP contribution in [-0.2, 0) is 0 Å². The minimum Gasteiger partial charge on any atom is -0.466 e. The fourth-order valence-corrected chi connectivity index (χ4v) is 1.62. The Hall–Kier alpha value is -1.76. The van der Waals surface area contributed by atoms with Gasteiger partial charge in [-0.1, -0.05) is 0 Å². The van der Waals surface area contributed by atoms with Crippen LogP contribution >= 0.6 is 0 Å². The summed E-state index contributed by atoms with van der Waals surface area (Å²) in [5.74, 6) is 1.33. The van der Waals surface area contributed by atoms with Crippen LogP contribution in [0.3, 0.4) is 0 Å². The first-order valence-electron chi connectivity index (χ1n) is 5.18. The van der Waals surface area contributed by atoms with E-state index in [1.807, 2.05) is 19.9 Å². The molecule has 0 saturated heterocycles. The lowest BCUT2D eigenvalue weighted by Crippen LogP contribution is -2.28. The number of furan rings is 1. The molecule has 0 atom stereocenters. The first-order valence-corrected chi connectivity index (χ1v) is 5.18. The molecule has 0 spiro atoms. The van der Waals surface area contributed by atoms with E-state index < -0.39 is 0 Å². The third-order valence-electron chi connectivity index (χ3n) is 2.68. The predicted octanol–water partition coefficient (Wildman–Crippen LogP) is 2.19. The third kappa shape index (κ3) is 2.25. The van der Waals surface area contributed by atoms with Crippen molar-refractivity contribution in [2.24, 2.45) is 0 Å². The highest BCUT2D eigenvalue weighted by molar-refractivity contribution is 5.96. The van der Waals surface area contributed by atoms with Crippen LogP contribution in [0.25, 0.3) is 0 Å². The van der Waals surface area contributed by atoms with E-state index in [-0.39, 0.29) is 5.91 Å². The van der Waals surface area contributed by atoms with Crippen molar-refractivity contribution in [1.82, 2.24) is 4.90 Å². The molecule has 16 heavy (non-hydrogen) atoms. The minimum absolute atomic E-state index is 0.0814. The van der Waals surface area contributed by atoms with Gasteiger partial charge in [0.1, 0.15) is 11.5 Å². The smallest absolute Gasteiger partial charge is 0.257 e. The Morgan fingerprint density at radius 2 is 2.00 bits per heavy atom. The van der Waals surface area contributed by atoms with Crippen LogP contribution in [0.4, 0.5) is 0 Å². The Bertz CT molecular complexity index is 441. The highest BCUT2D eigenvalue weighted by atomic mass is 16.3. The molecule has 0 unspecified atom stereocenters. The van der Waals surface area contributed by atoms with Crippen molar-refractivity contribution >= 4 is 5.91 Å². The maximum absolute atomic E-state index is 12.1. The summed E-state index contributed by atoms with van der Waals surface area (Å²) in [6.07, 6.45) is 0.344. The van der Waals surface area contributed by atoms with Gasteiger partial charge in [-0.15, -0.1) is 0 Å². The number of carbonyl (C=O) groups excluding carboxylic acids is 1. The Labute approximate surface area is 95.5 Å². The molecule has 0 radical (unpaired) electrons. The van der Waals surface area contributed by atoms with Crippen LogP contribution in [-0.4, -0.2) is 24.4 Å². The summed E-state index contributed by atoms with van der Waals surface area (Å²) >= 11 is 0. The van der Waals surface area contributed by atoms with E-state index in [2.05, 4.69) is 0 Å². The number of amides is 1. The zero-order valence-corrected chi connectivity index (χ0v) is 10.1. The highest BCUT2D eigenvalue weighted by Gasteiger charge is 2.21. The van der Waals surface area contributed by atoms with Crippen molar-refractivity contribution in [3.8, 4) is 6.07 Å². The van der Waals surface area contributed by atoms with Gasteiger partial charge in [0.25, 0.3) is 5.91 Å². The zero-order valence-electron chi connectivity index (χ0n) is 10.1. The molecule has 1 aromatic rings. The molecule has 0 aliphatic heterocycles. The number of rotatable bonds is 3. The number of carbonyl (C=O) groups is 1. The number of aryl methyl sites for hydroxylation is 2. The van der Waals surface area contributed by atoms with Crippen LogP contribution < -0.4 is 0 Å². The van der Waals surface area contributed by atoms with Gasteiger partial charge in [0, 0.05) is 19.2 Å². The molecule has 1 rings (SSSR count). The van der Waals surface area contributed by atoms with Crippen molar-refractivity contribution in [3.05, 3.63) is 22.6 Å². The van der Waals surface area contributed by atoms with E-state index in [4.69, 9.17) is 9.68 Å². The van der Waals surface area contributed by atoms with Crippen molar-refractivity contribution in [2.45, 2.75) is 27.2 Å². The number of nitriles is 1. The number of nitrogens with zero attached hydrogens (tertiary/aromatic N) is 2. The molecule has 0 bridgehead atoms. The molecule has 0 aliphatic rings. The van der Waals surface area contributed by atoms with E-state index in [1.165, 1.54) is 0 Å².